The molecule has 2 aromatic rings. The van der Waals surface area contributed by atoms with Crippen molar-refractivity contribution < 1.29 is 28.2 Å². The Hall–Kier alpha value is -2.86. The fourth-order valence-electron chi connectivity index (χ4n) is 2.30. The van der Waals surface area contributed by atoms with Gasteiger partial charge in [0.2, 0.25) is 0 Å². The predicted octanol–water partition coefficient (Wildman–Crippen LogP) is 4.49. The first-order chi connectivity index (χ1) is 12.2. The van der Waals surface area contributed by atoms with E-state index in [-0.39, 0.29) is 11.3 Å². The lowest BCUT2D eigenvalue weighted by atomic mass is 10.1. The van der Waals surface area contributed by atoms with Crippen LogP contribution in [-0.2, 0) is 19.1 Å². The van der Waals surface area contributed by atoms with Crippen molar-refractivity contribution in [3.63, 3.8) is 0 Å². The van der Waals surface area contributed by atoms with Gasteiger partial charge in [-0.2, -0.15) is 0 Å². The van der Waals surface area contributed by atoms with E-state index in [4.69, 9.17) is 25.8 Å². The number of cyclic esters (lactones) is 2. The molecular formula is C19H14ClFO5. The third kappa shape index (κ3) is 3.86. The van der Waals surface area contributed by atoms with E-state index in [1.54, 1.807) is 24.3 Å². The van der Waals surface area contributed by atoms with Gasteiger partial charge >= 0.3 is 11.9 Å². The number of hydrogen-bond acceptors (Lipinski definition) is 5. The molecule has 0 atom stereocenters. The van der Waals surface area contributed by atoms with Gasteiger partial charge in [-0.05, 0) is 42.5 Å². The van der Waals surface area contributed by atoms with Crippen molar-refractivity contribution in [3.8, 4) is 11.5 Å². The number of ether oxygens (including phenoxy) is 3. The van der Waals surface area contributed by atoms with Crippen LogP contribution in [0.2, 0.25) is 5.02 Å². The molecule has 0 radical (unpaired) electrons. The number of halogens is 2. The van der Waals surface area contributed by atoms with Gasteiger partial charge in [-0.3, -0.25) is 0 Å². The highest BCUT2D eigenvalue weighted by Gasteiger charge is 2.39. The van der Waals surface area contributed by atoms with Gasteiger partial charge < -0.3 is 14.2 Å². The van der Waals surface area contributed by atoms with Crippen LogP contribution in [0.15, 0.2) is 48.0 Å². The van der Waals surface area contributed by atoms with Crippen molar-refractivity contribution in [2.45, 2.75) is 19.6 Å². The van der Waals surface area contributed by atoms with E-state index in [1.165, 1.54) is 32.0 Å². The second kappa shape index (κ2) is 6.80. The molecule has 5 nitrogen and oxygen atoms in total. The molecule has 1 heterocycles. The van der Waals surface area contributed by atoms with Crippen molar-refractivity contribution >= 4 is 29.6 Å². The Bertz CT molecular complexity index is 881. The molecule has 1 saturated heterocycles. The first-order valence-corrected chi connectivity index (χ1v) is 8.03. The molecule has 0 unspecified atom stereocenters. The normalized spacial score (nSPS) is 15.9. The minimum atomic E-state index is -1.37. The van der Waals surface area contributed by atoms with Crippen LogP contribution in [0.3, 0.4) is 0 Å². The van der Waals surface area contributed by atoms with Crippen molar-refractivity contribution in [1.82, 2.24) is 0 Å². The summed E-state index contributed by atoms with van der Waals surface area (Å²) < 4.78 is 30.0. The van der Waals surface area contributed by atoms with E-state index in [9.17, 15) is 14.0 Å². The quantitative estimate of drug-likeness (QED) is 0.448. The van der Waals surface area contributed by atoms with Gasteiger partial charge in [0.25, 0.3) is 5.79 Å². The Balaban J connectivity index is 1.98. The molecule has 134 valence electrons. The van der Waals surface area contributed by atoms with Crippen LogP contribution < -0.4 is 4.74 Å². The van der Waals surface area contributed by atoms with Crippen molar-refractivity contribution in [3.05, 3.63) is 64.4 Å². The van der Waals surface area contributed by atoms with Crippen LogP contribution in [-0.4, -0.2) is 17.7 Å². The molecule has 2 aromatic carbocycles. The third-order valence-electron chi connectivity index (χ3n) is 3.46. The molecule has 7 heteroatoms. The lowest BCUT2D eigenvalue weighted by Crippen LogP contribution is -2.41. The van der Waals surface area contributed by atoms with Crippen LogP contribution in [0, 0.1) is 5.82 Å². The van der Waals surface area contributed by atoms with E-state index in [0.29, 0.717) is 10.8 Å². The molecular weight excluding hydrogens is 363 g/mol. The summed E-state index contributed by atoms with van der Waals surface area (Å²) in [6.07, 6.45) is 1.06. The molecule has 0 aliphatic carbocycles. The van der Waals surface area contributed by atoms with Crippen molar-refractivity contribution in [2.75, 3.05) is 0 Å². The van der Waals surface area contributed by atoms with Crippen LogP contribution >= 0.6 is 11.6 Å². The average Bonchev–Trinajstić information content (AvgIpc) is 2.54. The fourth-order valence-corrected chi connectivity index (χ4v) is 2.42. The molecule has 3 rings (SSSR count). The number of esters is 2. The largest absolute Gasteiger partial charge is 0.457 e. The summed E-state index contributed by atoms with van der Waals surface area (Å²) in [5, 5.41) is 0.522. The molecule has 0 spiro atoms. The van der Waals surface area contributed by atoms with E-state index in [0.717, 1.165) is 6.08 Å². The SMILES string of the molecule is CC1(C)OC(=O)C(=Cc2c(F)cccc2Oc2ccc(Cl)cc2)C(=O)O1. The van der Waals surface area contributed by atoms with E-state index in [1.807, 2.05) is 0 Å². The zero-order valence-corrected chi connectivity index (χ0v) is 14.7. The number of benzene rings is 2. The summed E-state index contributed by atoms with van der Waals surface area (Å²) in [6, 6.07) is 10.6. The molecule has 1 aliphatic heterocycles. The highest BCUT2D eigenvalue weighted by molar-refractivity contribution is 6.30. The Labute approximate surface area is 153 Å². The van der Waals surface area contributed by atoms with Gasteiger partial charge in [-0.1, -0.05) is 17.7 Å². The molecule has 26 heavy (non-hydrogen) atoms. The van der Waals surface area contributed by atoms with Crippen LogP contribution in [0.25, 0.3) is 6.08 Å². The molecule has 0 amide bonds. The Morgan fingerprint density at radius 1 is 1.04 bits per heavy atom. The lowest BCUT2D eigenvalue weighted by molar-refractivity contribution is -0.222. The molecule has 1 fully saturated rings. The zero-order chi connectivity index (χ0) is 18.9. The molecule has 0 saturated carbocycles. The van der Waals surface area contributed by atoms with Gasteiger partial charge in [0, 0.05) is 18.9 Å². The maximum atomic E-state index is 14.3. The minimum absolute atomic E-state index is 0.0777. The standard InChI is InChI=1S/C19H14ClFO5/c1-19(2)25-17(22)14(18(23)26-19)10-13-15(21)4-3-5-16(13)24-12-8-6-11(20)7-9-12/h3-10H,1-2H3. The van der Waals surface area contributed by atoms with E-state index >= 15 is 0 Å². The van der Waals surface area contributed by atoms with Crippen LogP contribution in [0.5, 0.6) is 11.5 Å². The monoisotopic (exact) mass is 376 g/mol. The van der Waals surface area contributed by atoms with Crippen LogP contribution in [0.1, 0.15) is 19.4 Å². The van der Waals surface area contributed by atoms with Crippen LogP contribution in [0.4, 0.5) is 4.39 Å². The highest BCUT2D eigenvalue weighted by Crippen LogP contribution is 2.31. The predicted molar refractivity (Wildman–Crippen MR) is 92.2 cm³/mol. The zero-order valence-electron chi connectivity index (χ0n) is 13.9. The lowest BCUT2D eigenvalue weighted by Gasteiger charge is -2.29. The number of carbonyl (C=O) groups is 2. The van der Waals surface area contributed by atoms with Gasteiger partial charge in [0.15, 0.2) is 0 Å². The molecule has 0 aromatic heterocycles. The topological polar surface area (TPSA) is 61.8 Å². The summed E-state index contributed by atoms with van der Waals surface area (Å²) in [5.74, 6) is -3.31. The van der Waals surface area contributed by atoms with Gasteiger partial charge in [0.05, 0.1) is 5.56 Å². The first kappa shape index (κ1) is 17.9. The minimum Gasteiger partial charge on any atom is -0.457 e. The Morgan fingerprint density at radius 2 is 1.65 bits per heavy atom. The number of carbonyl (C=O) groups excluding carboxylic acids is 2. The summed E-state index contributed by atoms with van der Waals surface area (Å²) in [7, 11) is 0. The van der Waals surface area contributed by atoms with Crippen molar-refractivity contribution in [1.29, 1.82) is 0 Å². The Morgan fingerprint density at radius 3 is 2.27 bits per heavy atom. The Kier molecular flexibility index (Phi) is 4.70. The molecule has 0 N–H and O–H groups in total. The van der Waals surface area contributed by atoms with Crippen molar-refractivity contribution in [2.24, 2.45) is 0 Å². The van der Waals surface area contributed by atoms with E-state index in [2.05, 4.69) is 0 Å². The number of rotatable bonds is 3. The highest BCUT2D eigenvalue weighted by atomic mass is 35.5. The van der Waals surface area contributed by atoms with Gasteiger partial charge in [-0.25, -0.2) is 14.0 Å². The fraction of sp³-hybridized carbons (Fsp3) is 0.158. The second-order valence-electron chi connectivity index (χ2n) is 5.94. The first-order valence-electron chi connectivity index (χ1n) is 7.65. The molecule has 0 bridgehead atoms. The smallest absolute Gasteiger partial charge is 0.348 e. The number of hydrogen-bond donors (Lipinski definition) is 0. The average molecular weight is 377 g/mol. The maximum absolute atomic E-state index is 14.3. The third-order valence-corrected chi connectivity index (χ3v) is 3.71. The summed E-state index contributed by atoms with van der Waals surface area (Å²) >= 11 is 5.83. The molecule has 1 aliphatic rings. The summed E-state index contributed by atoms with van der Waals surface area (Å²) in [6.45, 7) is 2.86. The van der Waals surface area contributed by atoms with Gasteiger partial charge in [0.1, 0.15) is 22.9 Å². The summed E-state index contributed by atoms with van der Waals surface area (Å²) in [4.78, 5) is 24.1. The van der Waals surface area contributed by atoms with E-state index < -0.39 is 29.1 Å². The van der Waals surface area contributed by atoms with Gasteiger partial charge in [-0.15, -0.1) is 0 Å². The summed E-state index contributed by atoms with van der Waals surface area (Å²) in [5.41, 5.74) is -0.499. The second-order valence-corrected chi connectivity index (χ2v) is 6.38. The maximum Gasteiger partial charge on any atom is 0.348 e.